The largest absolute Gasteiger partial charge is 0.394 e. The lowest BCUT2D eigenvalue weighted by molar-refractivity contribution is -0.154. The number of hydrogen-bond donors (Lipinski definition) is 4. The highest BCUT2D eigenvalue weighted by Crippen LogP contribution is 2.32. The number of rotatable bonds is 5. The molecule has 90 valence electrons. The lowest BCUT2D eigenvalue weighted by atomic mass is 9.79. The van der Waals surface area contributed by atoms with Crippen LogP contribution in [0.1, 0.15) is 25.7 Å². The molecule has 1 fully saturated rings. The monoisotopic (exact) mass is 220 g/mol. The molecule has 5 nitrogen and oxygen atoms in total. The smallest absolute Gasteiger partial charge is 0.109 e. The molecule has 0 amide bonds. The van der Waals surface area contributed by atoms with Crippen molar-refractivity contribution in [2.75, 3.05) is 19.8 Å². The second-order valence-electron chi connectivity index (χ2n) is 4.10. The number of aliphatic hydroxyl groups excluding tert-OH is 3. The molecule has 0 spiro atoms. The van der Waals surface area contributed by atoms with E-state index in [4.69, 9.17) is 14.9 Å². The van der Waals surface area contributed by atoms with Crippen molar-refractivity contribution >= 4 is 0 Å². The summed E-state index contributed by atoms with van der Waals surface area (Å²) in [6.45, 7) is -0.294. The Balaban J connectivity index is 2.49. The summed E-state index contributed by atoms with van der Waals surface area (Å²) in [6.07, 6.45) is 0.861. The van der Waals surface area contributed by atoms with Crippen LogP contribution in [0.15, 0.2) is 0 Å². The van der Waals surface area contributed by atoms with Crippen LogP contribution in [0.3, 0.4) is 0 Å². The van der Waals surface area contributed by atoms with Gasteiger partial charge in [-0.2, -0.15) is 0 Å². The van der Waals surface area contributed by atoms with Crippen molar-refractivity contribution in [3.05, 3.63) is 0 Å². The van der Waals surface area contributed by atoms with E-state index in [0.717, 1.165) is 0 Å². The lowest BCUT2D eigenvalue weighted by Gasteiger charge is -2.39. The van der Waals surface area contributed by atoms with Crippen molar-refractivity contribution in [3.63, 3.8) is 0 Å². The number of hydrogen-bond acceptors (Lipinski definition) is 5. The molecule has 1 unspecified atom stereocenters. The van der Waals surface area contributed by atoms with Gasteiger partial charge in [0, 0.05) is 0 Å². The van der Waals surface area contributed by atoms with Gasteiger partial charge < -0.3 is 25.2 Å². The second kappa shape index (κ2) is 5.77. The van der Waals surface area contributed by atoms with Gasteiger partial charge in [-0.3, -0.25) is 0 Å². The fourth-order valence-electron chi connectivity index (χ4n) is 2.00. The number of ether oxygens (including phenoxy) is 1. The first-order chi connectivity index (χ1) is 7.12. The third-order valence-electron chi connectivity index (χ3n) is 3.00. The van der Waals surface area contributed by atoms with Crippen molar-refractivity contribution in [1.82, 2.24) is 0 Å². The van der Waals surface area contributed by atoms with Crippen LogP contribution in [-0.4, -0.2) is 58.1 Å². The third kappa shape index (κ3) is 3.39. The van der Waals surface area contributed by atoms with Gasteiger partial charge in [-0.25, -0.2) is 0 Å². The van der Waals surface area contributed by atoms with Gasteiger partial charge >= 0.3 is 0 Å². The van der Waals surface area contributed by atoms with E-state index < -0.39 is 11.7 Å². The van der Waals surface area contributed by atoms with Crippen LogP contribution in [0.4, 0.5) is 0 Å². The summed E-state index contributed by atoms with van der Waals surface area (Å²) in [6, 6.07) is 0. The van der Waals surface area contributed by atoms with Gasteiger partial charge in [-0.05, 0) is 25.7 Å². The van der Waals surface area contributed by atoms with E-state index in [9.17, 15) is 10.2 Å². The molecule has 0 bridgehead atoms. The summed E-state index contributed by atoms with van der Waals surface area (Å²) in [7, 11) is 0. The fourth-order valence-corrected chi connectivity index (χ4v) is 2.00. The van der Waals surface area contributed by atoms with E-state index in [0.29, 0.717) is 25.7 Å². The van der Waals surface area contributed by atoms with E-state index in [1.54, 1.807) is 0 Å². The zero-order valence-corrected chi connectivity index (χ0v) is 8.80. The molecule has 0 aromatic rings. The highest BCUT2D eigenvalue weighted by atomic mass is 16.5. The molecule has 0 heterocycles. The normalized spacial score (nSPS) is 34.0. The summed E-state index contributed by atoms with van der Waals surface area (Å²) in [5, 5.41) is 37.2. The molecule has 0 aromatic carbocycles. The molecule has 1 atom stereocenters. The molecule has 15 heavy (non-hydrogen) atoms. The summed E-state index contributed by atoms with van der Waals surface area (Å²) in [5.41, 5.74) is -1.07. The van der Waals surface area contributed by atoms with Crippen molar-refractivity contribution in [2.45, 2.75) is 43.5 Å². The summed E-state index contributed by atoms with van der Waals surface area (Å²) >= 11 is 0. The fraction of sp³-hybridized carbons (Fsp3) is 1.00. The van der Waals surface area contributed by atoms with Gasteiger partial charge in [-0.15, -0.1) is 0 Å². The Bertz CT molecular complexity index is 177. The molecule has 0 radical (unpaired) electrons. The number of aliphatic hydroxyl groups is 4. The van der Waals surface area contributed by atoms with Gasteiger partial charge in [0.15, 0.2) is 0 Å². The van der Waals surface area contributed by atoms with Crippen LogP contribution in [-0.2, 0) is 4.74 Å². The minimum absolute atomic E-state index is 0.107. The predicted octanol–water partition coefficient (Wildman–Crippen LogP) is -0.978. The molecule has 4 N–H and O–H groups in total. The average Bonchev–Trinajstić information content (AvgIpc) is 2.24. The maximum atomic E-state index is 10.2. The molecular formula is C10H20O5. The maximum absolute atomic E-state index is 10.2. The van der Waals surface area contributed by atoms with Crippen LogP contribution in [0.25, 0.3) is 0 Å². The molecule has 1 aliphatic carbocycles. The van der Waals surface area contributed by atoms with Gasteiger partial charge in [0.2, 0.25) is 0 Å². The zero-order chi connectivity index (χ0) is 11.3. The minimum Gasteiger partial charge on any atom is -0.394 e. The Morgan fingerprint density at radius 1 is 1.27 bits per heavy atom. The van der Waals surface area contributed by atoms with Crippen LogP contribution >= 0.6 is 0 Å². The van der Waals surface area contributed by atoms with E-state index >= 15 is 0 Å². The predicted molar refractivity (Wildman–Crippen MR) is 53.3 cm³/mol. The molecule has 5 heteroatoms. The molecule has 1 aliphatic rings. The van der Waals surface area contributed by atoms with Gasteiger partial charge in [0.05, 0.1) is 31.5 Å². The van der Waals surface area contributed by atoms with E-state index in [1.807, 2.05) is 0 Å². The van der Waals surface area contributed by atoms with Crippen molar-refractivity contribution < 1.29 is 25.2 Å². The third-order valence-corrected chi connectivity index (χ3v) is 3.00. The Morgan fingerprint density at radius 3 is 2.33 bits per heavy atom. The minimum atomic E-state index is -1.07. The Morgan fingerprint density at radius 2 is 1.87 bits per heavy atom. The Kier molecular flexibility index (Phi) is 4.95. The quantitative estimate of drug-likeness (QED) is 0.478. The van der Waals surface area contributed by atoms with Crippen LogP contribution in [0, 0.1) is 0 Å². The van der Waals surface area contributed by atoms with Crippen molar-refractivity contribution in [2.24, 2.45) is 0 Å². The first-order valence-electron chi connectivity index (χ1n) is 5.36. The summed E-state index contributed by atoms with van der Waals surface area (Å²) in [5.74, 6) is 0. The topological polar surface area (TPSA) is 90.2 Å². The SMILES string of the molecule is OCCOC(CO)C1(O)CCC(O)CC1. The summed E-state index contributed by atoms with van der Waals surface area (Å²) in [4.78, 5) is 0. The highest BCUT2D eigenvalue weighted by Gasteiger charge is 2.40. The Labute approximate surface area is 89.3 Å². The maximum Gasteiger partial charge on any atom is 0.109 e. The summed E-state index contributed by atoms with van der Waals surface area (Å²) < 4.78 is 5.19. The highest BCUT2D eigenvalue weighted by molar-refractivity contribution is 4.92. The van der Waals surface area contributed by atoms with E-state index in [1.165, 1.54) is 0 Å². The van der Waals surface area contributed by atoms with E-state index in [-0.39, 0.29) is 25.9 Å². The van der Waals surface area contributed by atoms with Gasteiger partial charge in [0.25, 0.3) is 0 Å². The van der Waals surface area contributed by atoms with Crippen LogP contribution in [0.2, 0.25) is 0 Å². The molecule has 1 rings (SSSR count). The van der Waals surface area contributed by atoms with Crippen molar-refractivity contribution in [3.8, 4) is 0 Å². The Hall–Kier alpha value is -0.200. The molecular weight excluding hydrogens is 200 g/mol. The van der Waals surface area contributed by atoms with E-state index in [2.05, 4.69) is 0 Å². The van der Waals surface area contributed by atoms with Crippen molar-refractivity contribution in [1.29, 1.82) is 0 Å². The zero-order valence-electron chi connectivity index (χ0n) is 8.80. The first-order valence-corrected chi connectivity index (χ1v) is 5.36. The molecule has 0 aliphatic heterocycles. The lowest BCUT2D eigenvalue weighted by Crippen LogP contribution is -2.49. The second-order valence-corrected chi connectivity index (χ2v) is 4.10. The van der Waals surface area contributed by atoms with Gasteiger partial charge in [-0.1, -0.05) is 0 Å². The molecule has 1 saturated carbocycles. The standard InChI is InChI=1S/C10H20O5/c11-5-6-15-9(7-12)10(14)3-1-8(13)2-4-10/h8-9,11-14H,1-7H2. The van der Waals surface area contributed by atoms with Crippen LogP contribution in [0.5, 0.6) is 0 Å². The average molecular weight is 220 g/mol. The molecule has 0 saturated heterocycles. The van der Waals surface area contributed by atoms with Gasteiger partial charge in [0.1, 0.15) is 6.10 Å². The van der Waals surface area contributed by atoms with Crippen LogP contribution < -0.4 is 0 Å². The molecule has 0 aromatic heterocycles. The first kappa shape index (κ1) is 12.9.